The molecule has 0 radical (unpaired) electrons. The van der Waals surface area contributed by atoms with Crippen LogP contribution in [0.5, 0.6) is 11.6 Å². The first kappa shape index (κ1) is 43.0. The van der Waals surface area contributed by atoms with Crippen LogP contribution in [0.2, 0.25) is 0 Å². The molecule has 7 atom stereocenters. The van der Waals surface area contributed by atoms with Gasteiger partial charge >= 0.3 is 6.09 Å². The Balaban J connectivity index is 0.00000331. The molecule has 3 N–H and O–H groups in total. The molecule has 58 heavy (non-hydrogen) atoms. The number of alkyl carbamates (subject to hydrolysis) is 1. The average Bonchev–Trinajstić information content (AvgIpc) is 4.04. The maximum atomic E-state index is 14.9. The van der Waals surface area contributed by atoms with E-state index >= 15 is 0 Å². The van der Waals surface area contributed by atoms with Gasteiger partial charge in [0.25, 0.3) is 12.3 Å². The molecule has 2 aliphatic heterocycles. The number of allylic oxidation sites excluding steroid dienone is 1. The largest absolute Gasteiger partial charge is 0.494 e. The molecule has 18 heteroatoms. The number of amides is 4. The molecular formula is C40H58F3N5O9S. The number of benzene rings is 1. The zero-order valence-electron chi connectivity index (χ0n) is 33.5. The van der Waals surface area contributed by atoms with Crippen LogP contribution < -0.4 is 24.8 Å². The van der Waals surface area contributed by atoms with Crippen molar-refractivity contribution < 1.29 is 59.3 Å². The summed E-state index contributed by atoms with van der Waals surface area (Å²) in [6.45, 7) is 7.20. The van der Waals surface area contributed by atoms with Crippen LogP contribution in [0.25, 0.3) is 10.8 Å². The first-order chi connectivity index (χ1) is 27.2. The van der Waals surface area contributed by atoms with Crippen molar-refractivity contribution in [3.8, 4) is 11.6 Å². The molecule has 324 valence electrons. The third-order valence-electron chi connectivity index (χ3n) is 12.0. The summed E-state index contributed by atoms with van der Waals surface area (Å²) in [5, 5.41) is 6.17. The maximum Gasteiger partial charge on any atom is 0.408 e. The molecular weight excluding hydrogens is 784 g/mol. The molecule has 0 spiro atoms. The van der Waals surface area contributed by atoms with Gasteiger partial charge in [-0.15, -0.1) is 0 Å². The van der Waals surface area contributed by atoms with Crippen LogP contribution in [0.1, 0.15) is 90.3 Å². The molecule has 6 rings (SSSR count). The van der Waals surface area contributed by atoms with Gasteiger partial charge in [0.1, 0.15) is 23.7 Å². The molecule has 2 aliphatic carbocycles. The molecule has 3 fully saturated rings. The number of pyridine rings is 1. The third-order valence-corrected chi connectivity index (χ3v) is 14.2. The van der Waals surface area contributed by atoms with E-state index in [0.717, 1.165) is 13.8 Å². The molecule has 4 amide bonds. The molecule has 1 aromatic carbocycles. The summed E-state index contributed by atoms with van der Waals surface area (Å²) in [6.07, 6.45) is 2.66. The van der Waals surface area contributed by atoms with Crippen LogP contribution in [-0.2, 0) is 29.1 Å². The van der Waals surface area contributed by atoms with Crippen LogP contribution >= 0.6 is 0 Å². The molecule has 0 unspecified atom stereocenters. The number of halogens is 3. The van der Waals surface area contributed by atoms with Crippen molar-refractivity contribution in [1.82, 2.24) is 25.2 Å². The van der Waals surface area contributed by atoms with Crippen LogP contribution in [0.3, 0.4) is 0 Å². The number of aromatic nitrogens is 1. The first-order valence-corrected chi connectivity index (χ1v) is 21.1. The highest BCUT2D eigenvalue weighted by Gasteiger charge is 2.63. The molecule has 2 saturated carbocycles. The smallest absolute Gasteiger partial charge is 0.408 e. The minimum Gasteiger partial charge on any atom is -0.494 e. The van der Waals surface area contributed by atoms with Crippen molar-refractivity contribution in [2.45, 2.75) is 126 Å². The summed E-state index contributed by atoms with van der Waals surface area (Å²) < 4.78 is 86.4. The normalized spacial score (nSPS) is 29.2. The standard InChI is InChI=1S/C40H52F3N5O9S.3H2/c1-7-23-16-22(2)10-8-9-11-25-20-40(25,36(51)47-58(53,54)39(5)13-14-39)46-32(49)29-18-26(56-33-27-19-28(41)30(55-6)17-24(27)12-15-44-33)21-48(29)34(50)31(23)45-37(52)57-38(3,4)35(42)43;;;/h9,11-12,15,17,19,22-23,25-26,29,31,35H,7-8,10,13-14,16,18,20-21H2,1-6H3,(H,45,52)(H,46,49)(H,47,51);3*1H/b11-9-;;;/t22-,23-,25-,26-,29+,31+,40-;;;/m1.../s1. The van der Waals surface area contributed by atoms with E-state index in [0.29, 0.717) is 49.3 Å². The lowest BCUT2D eigenvalue weighted by molar-refractivity contribution is -0.142. The van der Waals surface area contributed by atoms with Gasteiger partial charge in [-0.3, -0.25) is 19.1 Å². The van der Waals surface area contributed by atoms with E-state index in [1.165, 1.54) is 37.3 Å². The lowest BCUT2D eigenvalue weighted by Gasteiger charge is -2.34. The monoisotopic (exact) mass is 841 g/mol. The summed E-state index contributed by atoms with van der Waals surface area (Å²) in [6, 6.07) is 1.64. The Hall–Kier alpha value is -4.61. The Morgan fingerprint density at radius 1 is 1.19 bits per heavy atom. The van der Waals surface area contributed by atoms with Gasteiger partial charge in [0.05, 0.1) is 18.4 Å². The molecule has 14 nitrogen and oxygen atoms in total. The topological polar surface area (TPSA) is 182 Å². The summed E-state index contributed by atoms with van der Waals surface area (Å²) in [5.74, 6) is -4.13. The minimum absolute atomic E-state index is 0. The molecule has 1 saturated heterocycles. The third kappa shape index (κ3) is 8.71. The number of fused-ring (bicyclic) bond motifs is 3. The number of nitrogens with one attached hydrogen (secondary N) is 3. The van der Waals surface area contributed by atoms with Crippen molar-refractivity contribution in [1.29, 1.82) is 0 Å². The van der Waals surface area contributed by atoms with E-state index in [1.807, 2.05) is 19.9 Å². The Morgan fingerprint density at radius 2 is 1.91 bits per heavy atom. The quantitative estimate of drug-likeness (QED) is 0.244. The second kappa shape index (κ2) is 16.2. The highest BCUT2D eigenvalue weighted by atomic mass is 32.2. The first-order valence-electron chi connectivity index (χ1n) is 19.7. The predicted octanol–water partition coefficient (Wildman–Crippen LogP) is 5.88. The molecule has 3 heterocycles. The van der Waals surface area contributed by atoms with Gasteiger partial charge in [0, 0.05) is 28.2 Å². The minimum atomic E-state index is -4.08. The van der Waals surface area contributed by atoms with Gasteiger partial charge in [-0.05, 0) is 94.7 Å². The fraction of sp³-hybridized carbons (Fsp3) is 0.625. The van der Waals surface area contributed by atoms with Crippen molar-refractivity contribution >= 4 is 44.6 Å². The van der Waals surface area contributed by atoms with Crippen molar-refractivity contribution in [3.05, 3.63) is 42.4 Å². The van der Waals surface area contributed by atoms with Crippen LogP contribution in [0.15, 0.2) is 36.5 Å². The fourth-order valence-corrected chi connectivity index (χ4v) is 9.12. The van der Waals surface area contributed by atoms with Gasteiger partial charge in [0.15, 0.2) is 17.2 Å². The Bertz CT molecular complexity index is 2100. The van der Waals surface area contributed by atoms with E-state index in [-0.39, 0.29) is 41.2 Å². The number of hydrogen-bond acceptors (Lipinski definition) is 10. The van der Waals surface area contributed by atoms with E-state index in [4.69, 9.17) is 14.2 Å². The summed E-state index contributed by atoms with van der Waals surface area (Å²) >= 11 is 0. The molecule has 2 aromatic rings. The van der Waals surface area contributed by atoms with Crippen molar-refractivity contribution in [2.75, 3.05) is 13.7 Å². The zero-order valence-corrected chi connectivity index (χ0v) is 34.3. The zero-order chi connectivity index (χ0) is 42.4. The number of hydrogen-bond donors (Lipinski definition) is 3. The number of nitrogens with zero attached hydrogens (tertiary/aromatic N) is 2. The predicted molar refractivity (Wildman–Crippen MR) is 212 cm³/mol. The molecule has 1 aromatic heterocycles. The maximum absolute atomic E-state index is 14.9. The number of alkyl halides is 2. The number of ether oxygens (including phenoxy) is 3. The Morgan fingerprint density at radius 3 is 2.57 bits per heavy atom. The van der Waals surface area contributed by atoms with Gasteiger partial charge < -0.3 is 29.7 Å². The number of rotatable bonds is 10. The van der Waals surface area contributed by atoms with Gasteiger partial charge in [-0.2, -0.15) is 0 Å². The van der Waals surface area contributed by atoms with E-state index in [1.54, 1.807) is 12.1 Å². The van der Waals surface area contributed by atoms with Crippen LogP contribution in [0, 0.1) is 23.6 Å². The fourth-order valence-electron chi connectivity index (χ4n) is 7.81. The van der Waals surface area contributed by atoms with Crippen LogP contribution in [0.4, 0.5) is 18.0 Å². The number of sulfonamides is 1. The van der Waals surface area contributed by atoms with Crippen molar-refractivity contribution in [3.63, 3.8) is 0 Å². The summed E-state index contributed by atoms with van der Waals surface area (Å²) in [5.41, 5.74) is -3.83. The van der Waals surface area contributed by atoms with E-state index < -0.39 is 92.0 Å². The number of methoxy groups -OCH3 is 1. The number of carbonyl (C=O) groups excluding carboxylic acids is 4. The van der Waals surface area contributed by atoms with Gasteiger partial charge in [-0.25, -0.2) is 31.4 Å². The summed E-state index contributed by atoms with van der Waals surface area (Å²) in [7, 11) is -2.75. The Labute approximate surface area is 340 Å². The number of carbonyl (C=O) groups is 4. The second-order valence-electron chi connectivity index (χ2n) is 16.9. The summed E-state index contributed by atoms with van der Waals surface area (Å²) in [4.78, 5) is 62.1. The highest BCUT2D eigenvalue weighted by Crippen LogP contribution is 2.48. The van der Waals surface area contributed by atoms with Gasteiger partial charge in [0.2, 0.25) is 27.7 Å². The SMILES string of the molecule is CC[C@@H]1C[C@H](C)CC/C=C\[C@@H]2C[C@@]2(C(=O)NS(=O)(=O)C2(C)CC2)NC(=O)[C@@H]2C[C@@H](Oc3nccc4cc(OC)c(F)cc34)CN2C(=O)[C@H]1NC(=O)OC(C)(C)C(F)F.[HH].[HH].[HH]. The molecule has 4 aliphatic rings. The molecule has 0 bridgehead atoms. The second-order valence-corrected chi connectivity index (χ2v) is 19.1. The van der Waals surface area contributed by atoms with Gasteiger partial charge in [-0.1, -0.05) is 32.4 Å². The van der Waals surface area contributed by atoms with Crippen LogP contribution in [-0.4, -0.2) is 96.3 Å². The lowest BCUT2D eigenvalue weighted by atomic mass is 9.85. The van der Waals surface area contributed by atoms with E-state index in [9.17, 15) is 40.8 Å². The van der Waals surface area contributed by atoms with Crippen molar-refractivity contribution in [2.24, 2.45) is 17.8 Å². The average molecular weight is 842 g/mol. The lowest BCUT2D eigenvalue weighted by Crippen LogP contribution is -2.59. The Kier molecular flexibility index (Phi) is 12.0. The van der Waals surface area contributed by atoms with E-state index in [2.05, 4.69) is 20.3 Å². The highest BCUT2D eigenvalue weighted by molar-refractivity contribution is 7.91.